The second kappa shape index (κ2) is 15.6. The normalized spacial score (nSPS) is 12.3. The van der Waals surface area contributed by atoms with Crippen molar-refractivity contribution in [3.63, 3.8) is 0 Å². The molecule has 1 amide bonds. The smallest absolute Gasteiger partial charge is 0.322 e. The van der Waals surface area contributed by atoms with Crippen LogP contribution in [0.1, 0.15) is 41.8 Å². The fraction of sp³-hybridized carbons (Fsp3) is 0.286. The molecule has 0 aromatic heterocycles. The molecule has 0 aliphatic carbocycles. The summed E-state index contributed by atoms with van der Waals surface area (Å²) in [6.07, 6.45) is 3.25. The number of hydrogen-bond acceptors (Lipinski definition) is 4. The number of hydrogen-bond donors (Lipinski definition) is 3. The molecule has 41 heavy (non-hydrogen) atoms. The maximum absolute atomic E-state index is 13.5. The van der Waals surface area contributed by atoms with Crippen LogP contribution in [0.3, 0.4) is 0 Å². The summed E-state index contributed by atoms with van der Waals surface area (Å²) in [7, 11) is -1.52. The fourth-order valence-corrected chi connectivity index (χ4v) is 4.99. The van der Waals surface area contributed by atoms with E-state index in [2.05, 4.69) is 11.6 Å². The molecule has 0 radical (unpaired) electrons. The molecule has 3 N–H and O–H groups in total. The van der Waals surface area contributed by atoms with Gasteiger partial charge in [0, 0.05) is 17.4 Å². The number of benzene rings is 3. The van der Waals surface area contributed by atoms with Crippen LogP contribution in [0.4, 0.5) is 18.9 Å². The van der Waals surface area contributed by atoms with Crippen LogP contribution in [0.2, 0.25) is 10.0 Å². The summed E-state index contributed by atoms with van der Waals surface area (Å²) in [6, 6.07) is 8.10. The van der Waals surface area contributed by atoms with Crippen molar-refractivity contribution < 1.29 is 36.8 Å². The standard InChI is InChI=1S/C16H13Cl2FO.C10H10F2N2O4S.C2H6/c1-9-4-5-12(16-11(9)3-2-6-20-16)15-13(17)7-10(19)8-14(15)18;1-19(18)14-5-2-6(11)9(7(12)3-5)10(17)13-4-8(15)16;1-2/h4-5,7-8H,2-3,6H2,1H3;2-3,14H,4H2,1H3,(H,13,17)(H,15,16);1-2H3. The SMILES string of the molecule is CC.CS(=O)Nc1cc(F)c(C(=O)NCC(=O)O)c(F)c1.Cc1ccc(-c2c(Cl)cc(F)cc2Cl)c2c1CCCO2. The number of amides is 1. The maximum Gasteiger partial charge on any atom is 0.322 e. The Labute approximate surface area is 248 Å². The van der Waals surface area contributed by atoms with E-state index in [1.807, 2.05) is 31.3 Å². The van der Waals surface area contributed by atoms with E-state index >= 15 is 0 Å². The van der Waals surface area contributed by atoms with Gasteiger partial charge in [-0.15, -0.1) is 0 Å². The third-order valence-corrected chi connectivity index (χ3v) is 6.64. The molecule has 222 valence electrons. The van der Waals surface area contributed by atoms with Crippen molar-refractivity contribution >= 4 is 51.8 Å². The lowest BCUT2D eigenvalue weighted by Crippen LogP contribution is -2.30. The van der Waals surface area contributed by atoms with Crippen LogP contribution in [0.5, 0.6) is 5.75 Å². The molecule has 0 saturated heterocycles. The van der Waals surface area contributed by atoms with Crippen molar-refractivity contribution in [2.24, 2.45) is 0 Å². The van der Waals surface area contributed by atoms with Crippen molar-refractivity contribution in [2.75, 3.05) is 24.1 Å². The number of aryl methyl sites for hydroxylation is 1. The Morgan fingerprint density at radius 3 is 2.17 bits per heavy atom. The van der Waals surface area contributed by atoms with Crippen molar-refractivity contribution in [3.05, 3.63) is 80.6 Å². The van der Waals surface area contributed by atoms with E-state index < -0.39 is 52.4 Å². The van der Waals surface area contributed by atoms with Gasteiger partial charge in [-0.05, 0) is 55.2 Å². The van der Waals surface area contributed by atoms with Gasteiger partial charge in [-0.25, -0.2) is 17.4 Å². The largest absolute Gasteiger partial charge is 0.493 e. The Morgan fingerprint density at radius 2 is 1.63 bits per heavy atom. The number of rotatable bonds is 6. The molecule has 0 bridgehead atoms. The third-order valence-electron chi connectivity index (χ3n) is 5.52. The zero-order valence-corrected chi connectivity index (χ0v) is 25.0. The van der Waals surface area contributed by atoms with Crippen LogP contribution in [0.15, 0.2) is 36.4 Å². The first-order valence-corrected chi connectivity index (χ1v) is 14.7. The number of nitrogens with one attached hydrogen (secondary N) is 2. The summed E-state index contributed by atoms with van der Waals surface area (Å²) in [5.74, 6) is -4.50. The highest BCUT2D eigenvalue weighted by Gasteiger charge is 2.22. The summed E-state index contributed by atoms with van der Waals surface area (Å²) in [4.78, 5) is 21.6. The predicted molar refractivity (Wildman–Crippen MR) is 156 cm³/mol. The number of aliphatic carboxylic acids is 1. The highest BCUT2D eigenvalue weighted by Crippen LogP contribution is 2.44. The van der Waals surface area contributed by atoms with Crippen LogP contribution >= 0.6 is 23.2 Å². The number of halogens is 5. The molecule has 0 saturated carbocycles. The van der Waals surface area contributed by atoms with Crippen LogP contribution in [-0.2, 0) is 22.2 Å². The number of carbonyl (C=O) groups is 2. The first kappa shape index (κ1) is 33.9. The minimum absolute atomic E-state index is 0.0920. The van der Waals surface area contributed by atoms with Gasteiger partial charge in [0.15, 0.2) is 0 Å². The molecule has 0 spiro atoms. The highest BCUT2D eigenvalue weighted by molar-refractivity contribution is 7.85. The van der Waals surface area contributed by atoms with E-state index in [0.29, 0.717) is 22.2 Å². The average molecular weight is 634 g/mol. The number of anilines is 1. The van der Waals surface area contributed by atoms with E-state index in [4.69, 9.17) is 33.0 Å². The number of carbonyl (C=O) groups excluding carboxylic acids is 1. The fourth-order valence-electron chi connectivity index (χ4n) is 3.88. The second-order valence-electron chi connectivity index (χ2n) is 8.38. The van der Waals surface area contributed by atoms with Gasteiger partial charge in [-0.1, -0.05) is 49.2 Å². The molecular formula is C28H29Cl2F3N2O5S. The lowest BCUT2D eigenvalue weighted by atomic mass is 9.94. The quantitative estimate of drug-likeness (QED) is 0.273. The monoisotopic (exact) mass is 632 g/mol. The summed E-state index contributed by atoms with van der Waals surface area (Å²) in [5, 5.41) is 10.8. The van der Waals surface area contributed by atoms with E-state index in [1.165, 1.54) is 29.5 Å². The van der Waals surface area contributed by atoms with Crippen molar-refractivity contribution in [1.29, 1.82) is 0 Å². The van der Waals surface area contributed by atoms with Crippen LogP contribution in [-0.4, -0.2) is 40.6 Å². The van der Waals surface area contributed by atoms with Gasteiger partial charge in [-0.2, -0.15) is 0 Å². The molecule has 3 aromatic rings. The number of fused-ring (bicyclic) bond motifs is 1. The highest BCUT2D eigenvalue weighted by atomic mass is 35.5. The molecule has 1 aliphatic heterocycles. The Hall–Kier alpha value is -3.28. The molecule has 13 heteroatoms. The maximum atomic E-state index is 13.5. The zero-order valence-electron chi connectivity index (χ0n) is 22.7. The third kappa shape index (κ3) is 9.11. The number of ether oxygens (including phenoxy) is 1. The van der Waals surface area contributed by atoms with Gasteiger partial charge in [-0.3, -0.25) is 9.59 Å². The van der Waals surface area contributed by atoms with Crippen LogP contribution < -0.4 is 14.8 Å². The lowest BCUT2D eigenvalue weighted by molar-refractivity contribution is -0.135. The molecule has 3 aromatic carbocycles. The average Bonchev–Trinajstić information content (AvgIpc) is 2.89. The molecular weight excluding hydrogens is 604 g/mol. The number of carboxylic acid groups (broad SMARTS) is 1. The van der Waals surface area contributed by atoms with Crippen molar-refractivity contribution in [2.45, 2.75) is 33.6 Å². The summed E-state index contributed by atoms with van der Waals surface area (Å²) in [5.41, 5.74) is 2.86. The first-order valence-electron chi connectivity index (χ1n) is 12.4. The molecule has 4 rings (SSSR count). The summed E-state index contributed by atoms with van der Waals surface area (Å²) < 4.78 is 59.4. The molecule has 0 fully saturated rings. The van der Waals surface area contributed by atoms with E-state index in [9.17, 15) is 27.0 Å². The van der Waals surface area contributed by atoms with E-state index in [1.54, 1.807) is 0 Å². The molecule has 1 atom stereocenters. The Bertz CT molecular complexity index is 1410. The van der Waals surface area contributed by atoms with Crippen LogP contribution in [0.25, 0.3) is 11.1 Å². The molecule has 1 unspecified atom stereocenters. The van der Waals surface area contributed by atoms with E-state index in [-0.39, 0.29) is 5.69 Å². The van der Waals surface area contributed by atoms with Gasteiger partial charge in [0.1, 0.15) is 46.3 Å². The zero-order chi connectivity index (χ0) is 30.9. The minimum atomic E-state index is -1.52. The van der Waals surface area contributed by atoms with Gasteiger partial charge < -0.3 is 19.9 Å². The van der Waals surface area contributed by atoms with Gasteiger partial charge in [0.05, 0.1) is 22.3 Å². The Balaban J connectivity index is 0.000000271. The summed E-state index contributed by atoms with van der Waals surface area (Å²) in [6.45, 7) is 5.99. The van der Waals surface area contributed by atoms with Crippen LogP contribution in [0, 0.1) is 24.4 Å². The minimum Gasteiger partial charge on any atom is -0.493 e. The summed E-state index contributed by atoms with van der Waals surface area (Å²) >= 11 is 12.3. The van der Waals surface area contributed by atoms with Gasteiger partial charge in [0.2, 0.25) is 0 Å². The van der Waals surface area contributed by atoms with Crippen molar-refractivity contribution in [1.82, 2.24) is 5.32 Å². The predicted octanol–water partition coefficient (Wildman–Crippen LogP) is 6.94. The second-order valence-corrected chi connectivity index (χ2v) is 10.3. The lowest BCUT2D eigenvalue weighted by Gasteiger charge is -2.23. The number of carboxylic acids is 1. The van der Waals surface area contributed by atoms with Crippen molar-refractivity contribution in [3.8, 4) is 16.9 Å². The molecule has 1 heterocycles. The first-order chi connectivity index (χ1) is 19.4. The van der Waals surface area contributed by atoms with Gasteiger partial charge in [0.25, 0.3) is 5.91 Å². The Kier molecular flexibility index (Phi) is 12.9. The van der Waals surface area contributed by atoms with E-state index in [0.717, 1.165) is 36.3 Å². The Morgan fingerprint density at radius 1 is 1.05 bits per heavy atom. The topological polar surface area (TPSA) is 105 Å². The van der Waals surface area contributed by atoms with Gasteiger partial charge >= 0.3 is 5.97 Å². The molecule has 7 nitrogen and oxygen atoms in total. The molecule has 1 aliphatic rings.